The third kappa shape index (κ3) is 3.02. The Balaban J connectivity index is 2.33. The first kappa shape index (κ1) is 12.9. The van der Waals surface area contributed by atoms with Gasteiger partial charge in [0.2, 0.25) is 0 Å². The van der Waals surface area contributed by atoms with E-state index in [2.05, 4.69) is 15.9 Å². The molecule has 0 aromatic heterocycles. The van der Waals surface area contributed by atoms with Crippen LogP contribution in [0.4, 0.5) is 0 Å². The highest BCUT2D eigenvalue weighted by Gasteiger charge is 2.11. The fourth-order valence-corrected chi connectivity index (χ4v) is 2.08. The summed E-state index contributed by atoms with van der Waals surface area (Å²) in [6.07, 6.45) is -0.696. The highest BCUT2D eigenvalue weighted by atomic mass is 79.9. The average molecular weight is 332 g/mol. The van der Waals surface area contributed by atoms with E-state index in [1.165, 1.54) is 0 Å². The first-order chi connectivity index (χ1) is 8.08. The van der Waals surface area contributed by atoms with E-state index in [-0.39, 0.29) is 0 Å². The van der Waals surface area contributed by atoms with Crippen molar-refractivity contribution in [3.05, 3.63) is 68.1 Å². The van der Waals surface area contributed by atoms with Crippen molar-refractivity contribution in [3.8, 4) is 0 Å². The largest absolute Gasteiger partial charge is 0.384 e. The fourth-order valence-electron chi connectivity index (χ4n) is 1.52. The van der Waals surface area contributed by atoms with E-state index in [4.69, 9.17) is 23.2 Å². The maximum atomic E-state index is 10.2. The molecule has 0 heterocycles. The van der Waals surface area contributed by atoms with Crippen molar-refractivity contribution < 1.29 is 5.11 Å². The van der Waals surface area contributed by atoms with Crippen LogP contribution in [0, 0.1) is 0 Å². The third-order valence-corrected chi connectivity index (χ3v) is 3.93. The summed E-state index contributed by atoms with van der Waals surface area (Å²) < 4.78 is 0.811. The maximum absolute atomic E-state index is 10.2. The second-order valence-electron chi connectivity index (χ2n) is 3.63. The van der Waals surface area contributed by atoms with Gasteiger partial charge in [-0.25, -0.2) is 0 Å². The lowest BCUT2D eigenvalue weighted by Gasteiger charge is -2.12. The molecule has 1 atom stereocenters. The van der Waals surface area contributed by atoms with E-state index in [1.54, 1.807) is 30.3 Å². The standard InChI is InChI=1S/C13H9BrCl2O/c14-11-6-3-9(7-12(11)16)13(17)8-1-4-10(15)5-2-8/h1-7,13,17H. The predicted octanol–water partition coefficient (Wildman–Crippen LogP) is 4.84. The summed E-state index contributed by atoms with van der Waals surface area (Å²) in [5.41, 5.74) is 1.54. The molecule has 0 aliphatic carbocycles. The van der Waals surface area contributed by atoms with Crippen molar-refractivity contribution in [2.24, 2.45) is 0 Å². The maximum Gasteiger partial charge on any atom is 0.104 e. The Hall–Kier alpha value is -0.540. The molecule has 88 valence electrons. The minimum absolute atomic E-state index is 0.579. The first-order valence-electron chi connectivity index (χ1n) is 4.96. The first-order valence-corrected chi connectivity index (χ1v) is 6.51. The van der Waals surface area contributed by atoms with Gasteiger partial charge in [0, 0.05) is 9.50 Å². The van der Waals surface area contributed by atoms with Crippen LogP contribution in [-0.4, -0.2) is 5.11 Å². The van der Waals surface area contributed by atoms with Crippen LogP contribution in [0.2, 0.25) is 10.0 Å². The highest BCUT2D eigenvalue weighted by Crippen LogP contribution is 2.29. The van der Waals surface area contributed by atoms with E-state index in [0.717, 1.165) is 15.6 Å². The van der Waals surface area contributed by atoms with Gasteiger partial charge in [0.05, 0.1) is 5.02 Å². The van der Waals surface area contributed by atoms with E-state index >= 15 is 0 Å². The molecule has 2 aromatic carbocycles. The van der Waals surface area contributed by atoms with Crippen LogP contribution in [0.3, 0.4) is 0 Å². The van der Waals surface area contributed by atoms with Crippen LogP contribution < -0.4 is 0 Å². The number of aliphatic hydroxyl groups excluding tert-OH is 1. The van der Waals surface area contributed by atoms with Gasteiger partial charge in [0.15, 0.2) is 0 Å². The molecule has 0 radical (unpaired) electrons. The van der Waals surface area contributed by atoms with Gasteiger partial charge in [0.1, 0.15) is 6.10 Å². The molecule has 2 aromatic rings. The summed E-state index contributed by atoms with van der Waals surface area (Å²) >= 11 is 15.1. The predicted molar refractivity (Wildman–Crippen MR) is 74.7 cm³/mol. The molecule has 0 saturated heterocycles. The molecule has 1 nitrogen and oxygen atoms in total. The van der Waals surface area contributed by atoms with Crippen molar-refractivity contribution in [2.75, 3.05) is 0 Å². The van der Waals surface area contributed by atoms with Gasteiger partial charge in [-0.2, -0.15) is 0 Å². The zero-order chi connectivity index (χ0) is 12.4. The van der Waals surface area contributed by atoms with E-state index in [9.17, 15) is 5.11 Å². The minimum Gasteiger partial charge on any atom is -0.384 e. The molecule has 17 heavy (non-hydrogen) atoms. The molecule has 0 fully saturated rings. The highest BCUT2D eigenvalue weighted by molar-refractivity contribution is 9.10. The normalized spacial score (nSPS) is 12.5. The molecule has 1 N–H and O–H groups in total. The Morgan fingerprint density at radius 1 is 0.941 bits per heavy atom. The van der Waals surface area contributed by atoms with Crippen LogP contribution >= 0.6 is 39.1 Å². The van der Waals surface area contributed by atoms with Crippen LogP contribution in [0.1, 0.15) is 17.2 Å². The Morgan fingerprint density at radius 3 is 2.12 bits per heavy atom. The Labute approximate surface area is 118 Å². The second-order valence-corrected chi connectivity index (χ2v) is 5.33. The second kappa shape index (κ2) is 5.40. The van der Waals surface area contributed by atoms with E-state index in [1.807, 2.05) is 12.1 Å². The van der Waals surface area contributed by atoms with Crippen molar-refractivity contribution in [2.45, 2.75) is 6.10 Å². The molecule has 2 rings (SSSR count). The number of aliphatic hydroxyl groups is 1. The number of hydrogen-bond donors (Lipinski definition) is 1. The molecule has 0 amide bonds. The Bertz CT molecular complexity index is 525. The van der Waals surface area contributed by atoms with Crippen molar-refractivity contribution in [1.29, 1.82) is 0 Å². The monoisotopic (exact) mass is 330 g/mol. The zero-order valence-electron chi connectivity index (χ0n) is 8.70. The molecule has 0 spiro atoms. The quantitative estimate of drug-likeness (QED) is 0.835. The molecule has 0 saturated carbocycles. The number of hydrogen-bond acceptors (Lipinski definition) is 1. The number of halogens is 3. The summed E-state index contributed by atoms with van der Waals surface area (Å²) in [6, 6.07) is 12.5. The average Bonchev–Trinajstić information content (AvgIpc) is 2.33. The van der Waals surface area contributed by atoms with Gasteiger partial charge < -0.3 is 5.11 Å². The van der Waals surface area contributed by atoms with Gasteiger partial charge in [-0.1, -0.05) is 41.4 Å². The van der Waals surface area contributed by atoms with Gasteiger partial charge in [-0.3, -0.25) is 0 Å². The molecule has 4 heteroatoms. The smallest absolute Gasteiger partial charge is 0.104 e. The van der Waals surface area contributed by atoms with Crippen molar-refractivity contribution in [1.82, 2.24) is 0 Å². The summed E-state index contributed by atoms with van der Waals surface area (Å²) in [4.78, 5) is 0. The lowest BCUT2D eigenvalue weighted by Crippen LogP contribution is -1.99. The molecular weight excluding hydrogens is 323 g/mol. The van der Waals surface area contributed by atoms with Crippen molar-refractivity contribution in [3.63, 3.8) is 0 Å². The lowest BCUT2D eigenvalue weighted by atomic mass is 10.0. The van der Waals surface area contributed by atoms with Gasteiger partial charge in [-0.05, 0) is 51.3 Å². The van der Waals surface area contributed by atoms with E-state index in [0.29, 0.717) is 10.0 Å². The number of benzene rings is 2. The van der Waals surface area contributed by atoms with Crippen molar-refractivity contribution >= 4 is 39.1 Å². The van der Waals surface area contributed by atoms with Crippen LogP contribution in [0.5, 0.6) is 0 Å². The third-order valence-electron chi connectivity index (χ3n) is 2.45. The number of rotatable bonds is 2. The summed E-state index contributed by atoms with van der Waals surface area (Å²) in [6.45, 7) is 0. The van der Waals surface area contributed by atoms with Gasteiger partial charge >= 0.3 is 0 Å². The molecule has 1 unspecified atom stereocenters. The molecule has 0 aliphatic rings. The Kier molecular flexibility index (Phi) is 4.10. The molecule has 0 aliphatic heterocycles. The minimum atomic E-state index is -0.696. The molecular formula is C13H9BrCl2O. The van der Waals surface area contributed by atoms with Gasteiger partial charge in [0.25, 0.3) is 0 Å². The molecule has 0 bridgehead atoms. The fraction of sp³-hybridized carbons (Fsp3) is 0.0769. The summed E-state index contributed by atoms with van der Waals surface area (Å²) in [7, 11) is 0. The topological polar surface area (TPSA) is 20.2 Å². The van der Waals surface area contributed by atoms with E-state index < -0.39 is 6.10 Å². The summed E-state index contributed by atoms with van der Waals surface area (Å²) in [5.74, 6) is 0. The zero-order valence-corrected chi connectivity index (χ0v) is 11.8. The van der Waals surface area contributed by atoms with Crippen LogP contribution in [0.15, 0.2) is 46.9 Å². The SMILES string of the molecule is OC(c1ccc(Cl)cc1)c1ccc(Br)c(Cl)c1. The van der Waals surface area contributed by atoms with Crippen LogP contribution in [-0.2, 0) is 0 Å². The summed E-state index contributed by atoms with van der Waals surface area (Å²) in [5, 5.41) is 11.4. The lowest BCUT2D eigenvalue weighted by molar-refractivity contribution is 0.220. The van der Waals surface area contributed by atoms with Crippen LogP contribution in [0.25, 0.3) is 0 Å². The van der Waals surface area contributed by atoms with Gasteiger partial charge in [-0.15, -0.1) is 0 Å². The Morgan fingerprint density at radius 2 is 1.53 bits per heavy atom.